The second-order valence-corrected chi connectivity index (χ2v) is 8.46. The number of hydrogen-bond acceptors (Lipinski definition) is 5. The van der Waals surface area contributed by atoms with E-state index in [9.17, 15) is 13.2 Å². The van der Waals surface area contributed by atoms with E-state index in [1.165, 1.54) is 0 Å². The van der Waals surface area contributed by atoms with E-state index in [0.717, 1.165) is 5.82 Å². The quantitative estimate of drug-likeness (QED) is 0.732. The topological polar surface area (TPSA) is 96.3 Å². The summed E-state index contributed by atoms with van der Waals surface area (Å²) in [5.41, 5.74) is 0.853. The SMILES string of the molecule is CCCS(=O)(=O)Nc1cccc(C(=O)N2CCNCC2c2nccn2C)c1.Cl. The van der Waals surface area contributed by atoms with E-state index in [1.807, 2.05) is 17.8 Å². The summed E-state index contributed by atoms with van der Waals surface area (Å²) in [6.07, 6.45) is 4.10. The van der Waals surface area contributed by atoms with Gasteiger partial charge in [0.05, 0.1) is 5.75 Å². The Morgan fingerprint density at radius 3 is 2.86 bits per heavy atom. The smallest absolute Gasteiger partial charge is 0.254 e. The van der Waals surface area contributed by atoms with E-state index in [4.69, 9.17) is 0 Å². The molecule has 0 aliphatic carbocycles. The minimum absolute atomic E-state index is 0. The third-order valence-electron chi connectivity index (χ3n) is 4.52. The van der Waals surface area contributed by atoms with Crippen molar-refractivity contribution in [2.24, 2.45) is 7.05 Å². The highest BCUT2D eigenvalue weighted by atomic mass is 35.5. The minimum Gasteiger partial charge on any atom is -0.336 e. The maximum Gasteiger partial charge on any atom is 0.254 e. The van der Waals surface area contributed by atoms with Crippen LogP contribution in [0, 0.1) is 0 Å². The predicted octanol–water partition coefficient (Wildman–Crippen LogP) is 1.78. The first-order chi connectivity index (χ1) is 12.9. The number of aryl methyl sites for hydroxylation is 1. The van der Waals surface area contributed by atoms with E-state index >= 15 is 0 Å². The zero-order chi connectivity index (χ0) is 19.4. The number of carbonyl (C=O) groups excluding carboxylic acids is 1. The van der Waals surface area contributed by atoms with Crippen LogP contribution in [0.25, 0.3) is 0 Å². The fourth-order valence-corrected chi connectivity index (χ4v) is 4.38. The van der Waals surface area contributed by atoms with Crippen molar-refractivity contribution in [2.45, 2.75) is 19.4 Å². The molecule has 1 amide bonds. The molecule has 1 atom stereocenters. The van der Waals surface area contributed by atoms with Gasteiger partial charge in [0.1, 0.15) is 11.9 Å². The van der Waals surface area contributed by atoms with Gasteiger partial charge in [0.15, 0.2) is 0 Å². The van der Waals surface area contributed by atoms with Crippen molar-refractivity contribution >= 4 is 34.0 Å². The van der Waals surface area contributed by atoms with Crippen LogP contribution in [0.4, 0.5) is 5.69 Å². The molecule has 1 aliphatic rings. The van der Waals surface area contributed by atoms with Gasteiger partial charge < -0.3 is 14.8 Å². The van der Waals surface area contributed by atoms with Crippen molar-refractivity contribution in [2.75, 3.05) is 30.1 Å². The lowest BCUT2D eigenvalue weighted by atomic mass is 10.1. The van der Waals surface area contributed by atoms with Gasteiger partial charge in [-0.2, -0.15) is 0 Å². The summed E-state index contributed by atoms with van der Waals surface area (Å²) in [7, 11) is -1.50. The van der Waals surface area contributed by atoms with Crippen LogP contribution in [0.3, 0.4) is 0 Å². The number of halogens is 1. The van der Waals surface area contributed by atoms with E-state index in [-0.39, 0.29) is 30.1 Å². The zero-order valence-corrected chi connectivity index (χ0v) is 17.6. The second-order valence-electron chi connectivity index (χ2n) is 6.62. The lowest BCUT2D eigenvalue weighted by Gasteiger charge is -2.35. The van der Waals surface area contributed by atoms with Gasteiger partial charge >= 0.3 is 0 Å². The number of amides is 1. The standard InChI is InChI=1S/C18H25N5O3S.ClH/c1-3-11-27(25,26)21-15-6-4-5-14(12-15)18(24)23-10-7-19-13-16(23)17-20-8-9-22(17)2;/h4-6,8-9,12,16,19,21H,3,7,10-11,13H2,1-2H3;1H. The minimum atomic E-state index is -3.40. The van der Waals surface area contributed by atoms with Crippen molar-refractivity contribution in [1.29, 1.82) is 0 Å². The molecule has 1 saturated heterocycles. The average molecular weight is 428 g/mol. The normalized spacial score (nSPS) is 17.1. The molecule has 154 valence electrons. The maximum absolute atomic E-state index is 13.1. The van der Waals surface area contributed by atoms with Gasteiger partial charge in [-0.15, -0.1) is 12.4 Å². The number of anilines is 1. The van der Waals surface area contributed by atoms with Crippen molar-refractivity contribution in [3.8, 4) is 0 Å². The number of rotatable bonds is 6. The van der Waals surface area contributed by atoms with Crippen molar-refractivity contribution < 1.29 is 13.2 Å². The summed E-state index contributed by atoms with van der Waals surface area (Å²) in [5, 5.41) is 3.30. The Labute approximate surface area is 171 Å². The number of piperazine rings is 1. The molecule has 2 aromatic rings. The Hall–Kier alpha value is -2.10. The number of carbonyl (C=O) groups is 1. The molecule has 1 unspecified atom stereocenters. The Morgan fingerprint density at radius 2 is 2.18 bits per heavy atom. The van der Waals surface area contributed by atoms with Crippen LogP contribution in [0.1, 0.15) is 35.6 Å². The highest BCUT2D eigenvalue weighted by Crippen LogP contribution is 2.24. The van der Waals surface area contributed by atoms with Crippen LogP contribution in [0.2, 0.25) is 0 Å². The summed E-state index contributed by atoms with van der Waals surface area (Å²) in [6.45, 7) is 3.69. The molecule has 3 rings (SSSR count). The lowest BCUT2D eigenvalue weighted by Crippen LogP contribution is -2.49. The first-order valence-electron chi connectivity index (χ1n) is 9.00. The van der Waals surface area contributed by atoms with Crippen LogP contribution in [0.5, 0.6) is 0 Å². The highest BCUT2D eigenvalue weighted by molar-refractivity contribution is 7.92. The van der Waals surface area contributed by atoms with Gasteiger partial charge in [-0.05, 0) is 24.6 Å². The van der Waals surface area contributed by atoms with Gasteiger partial charge in [-0.25, -0.2) is 13.4 Å². The number of aromatic nitrogens is 2. The van der Waals surface area contributed by atoms with Gasteiger partial charge in [0, 0.05) is 50.3 Å². The molecule has 0 spiro atoms. The molecule has 1 aromatic heterocycles. The fraction of sp³-hybridized carbons (Fsp3) is 0.444. The summed E-state index contributed by atoms with van der Waals surface area (Å²) in [6, 6.07) is 6.46. The number of benzene rings is 1. The lowest BCUT2D eigenvalue weighted by molar-refractivity contribution is 0.0621. The molecular weight excluding hydrogens is 402 g/mol. The van der Waals surface area contributed by atoms with Gasteiger partial charge in [-0.1, -0.05) is 13.0 Å². The average Bonchev–Trinajstić information content (AvgIpc) is 3.06. The largest absolute Gasteiger partial charge is 0.336 e. The van der Waals surface area contributed by atoms with Crippen molar-refractivity contribution in [3.05, 3.63) is 48.0 Å². The molecule has 8 nitrogen and oxygen atoms in total. The Kier molecular flexibility index (Phi) is 7.45. The summed E-state index contributed by atoms with van der Waals surface area (Å²) < 4.78 is 28.5. The van der Waals surface area contributed by atoms with Gasteiger partial charge in [0.25, 0.3) is 5.91 Å². The van der Waals surface area contributed by atoms with Crippen LogP contribution >= 0.6 is 12.4 Å². The highest BCUT2D eigenvalue weighted by Gasteiger charge is 2.31. The Balaban J connectivity index is 0.00000280. The van der Waals surface area contributed by atoms with E-state index in [0.29, 0.717) is 37.3 Å². The van der Waals surface area contributed by atoms with Crippen molar-refractivity contribution in [3.63, 3.8) is 0 Å². The number of imidazole rings is 1. The molecule has 0 saturated carbocycles. The zero-order valence-electron chi connectivity index (χ0n) is 16.0. The van der Waals surface area contributed by atoms with E-state index in [1.54, 1.807) is 42.3 Å². The van der Waals surface area contributed by atoms with E-state index < -0.39 is 10.0 Å². The predicted molar refractivity (Wildman–Crippen MR) is 111 cm³/mol. The number of nitrogens with zero attached hydrogens (tertiary/aromatic N) is 3. The molecule has 0 bridgehead atoms. The monoisotopic (exact) mass is 427 g/mol. The molecular formula is C18H26ClN5O3S. The molecule has 10 heteroatoms. The van der Waals surface area contributed by atoms with Crippen LogP contribution in [-0.2, 0) is 17.1 Å². The maximum atomic E-state index is 13.1. The van der Waals surface area contributed by atoms with Gasteiger partial charge in [-0.3, -0.25) is 9.52 Å². The summed E-state index contributed by atoms with van der Waals surface area (Å²) in [4.78, 5) is 19.3. The third-order valence-corrected chi connectivity index (χ3v) is 6.01. The van der Waals surface area contributed by atoms with E-state index in [2.05, 4.69) is 15.0 Å². The fourth-order valence-electron chi connectivity index (χ4n) is 3.26. The van der Waals surface area contributed by atoms with Crippen molar-refractivity contribution in [1.82, 2.24) is 19.8 Å². The Bertz CT molecular complexity index is 915. The number of sulfonamides is 1. The molecule has 28 heavy (non-hydrogen) atoms. The third kappa shape index (κ3) is 5.03. The molecule has 1 aliphatic heterocycles. The van der Waals surface area contributed by atoms with Crippen LogP contribution < -0.4 is 10.0 Å². The molecule has 0 radical (unpaired) electrons. The molecule has 2 N–H and O–H groups in total. The number of nitrogens with one attached hydrogen (secondary N) is 2. The second kappa shape index (κ2) is 9.40. The molecule has 2 heterocycles. The van der Waals surface area contributed by atoms with Gasteiger partial charge in [0.2, 0.25) is 10.0 Å². The number of hydrogen-bond donors (Lipinski definition) is 2. The summed E-state index contributed by atoms with van der Waals surface area (Å²) >= 11 is 0. The molecule has 1 aromatic carbocycles. The first kappa shape index (κ1) is 22.2. The first-order valence-corrected chi connectivity index (χ1v) is 10.7. The summed E-state index contributed by atoms with van der Waals surface area (Å²) in [5.74, 6) is 0.723. The van der Waals surface area contributed by atoms with Crippen LogP contribution in [0.15, 0.2) is 36.7 Å². The Morgan fingerprint density at radius 1 is 1.39 bits per heavy atom. The van der Waals surface area contributed by atoms with Crippen LogP contribution in [-0.4, -0.2) is 54.2 Å². The molecule has 1 fully saturated rings.